The molecule has 0 bridgehead atoms. The Morgan fingerprint density at radius 1 is 1.26 bits per heavy atom. The largest absolute Gasteiger partial charge is 0.474 e. The molecular weight excluding hydrogens is 335 g/mol. The van der Waals surface area contributed by atoms with Gasteiger partial charge in [-0.05, 0) is 50.2 Å². The predicted molar refractivity (Wildman–Crippen MR) is 91.7 cm³/mol. The third kappa shape index (κ3) is 4.83. The Hall–Kier alpha value is -1.30. The topological polar surface area (TPSA) is 34.1 Å². The van der Waals surface area contributed by atoms with Crippen LogP contribution in [-0.2, 0) is 5.75 Å². The van der Waals surface area contributed by atoms with E-state index in [2.05, 4.69) is 10.3 Å². The first-order valence-corrected chi connectivity index (χ1v) is 8.98. The summed E-state index contributed by atoms with van der Waals surface area (Å²) in [7, 11) is 0. The van der Waals surface area contributed by atoms with Crippen molar-refractivity contribution >= 4 is 23.4 Å². The highest BCUT2D eigenvalue weighted by Gasteiger charge is 2.15. The number of pyridine rings is 1. The third-order valence-electron chi connectivity index (χ3n) is 3.62. The number of aromatic nitrogens is 1. The van der Waals surface area contributed by atoms with Gasteiger partial charge in [0.2, 0.25) is 5.88 Å². The molecule has 23 heavy (non-hydrogen) atoms. The first-order chi connectivity index (χ1) is 11.2. The lowest BCUT2D eigenvalue weighted by Crippen LogP contribution is -2.34. The Bertz CT molecular complexity index is 665. The van der Waals surface area contributed by atoms with Crippen LogP contribution < -0.4 is 10.1 Å². The Kier molecular flexibility index (Phi) is 5.75. The zero-order valence-electron chi connectivity index (χ0n) is 12.6. The minimum atomic E-state index is -0.301. The van der Waals surface area contributed by atoms with Crippen LogP contribution in [0.4, 0.5) is 4.39 Å². The lowest BCUT2D eigenvalue weighted by molar-refractivity contribution is 0.155. The van der Waals surface area contributed by atoms with Crippen molar-refractivity contribution in [3.63, 3.8) is 0 Å². The van der Waals surface area contributed by atoms with Gasteiger partial charge < -0.3 is 10.1 Å². The van der Waals surface area contributed by atoms with E-state index >= 15 is 0 Å². The van der Waals surface area contributed by atoms with Crippen molar-refractivity contribution in [3.05, 3.63) is 52.9 Å². The van der Waals surface area contributed by atoms with Gasteiger partial charge in [-0.2, -0.15) is 0 Å². The number of thioether (sulfide) groups is 1. The Morgan fingerprint density at radius 2 is 2.09 bits per heavy atom. The molecule has 1 aliphatic heterocycles. The van der Waals surface area contributed by atoms with Crippen molar-refractivity contribution in [2.45, 2.75) is 29.6 Å². The Labute approximate surface area is 144 Å². The first-order valence-electron chi connectivity index (χ1n) is 7.62. The molecule has 2 aromatic rings. The molecule has 0 spiro atoms. The number of hydrogen-bond donors (Lipinski definition) is 1. The van der Waals surface area contributed by atoms with Gasteiger partial charge in [0.05, 0.1) is 5.69 Å². The SMILES string of the molecule is Fc1cc(Cl)ccc1SCc1cccc(OC2CCNCC2)n1. The van der Waals surface area contributed by atoms with E-state index in [9.17, 15) is 4.39 Å². The molecule has 0 unspecified atom stereocenters. The van der Waals surface area contributed by atoms with Crippen molar-refractivity contribution in [3.8, 4) is 5.88 Å². The van der Waals surface area contributed by atoms with Gasteiger partial charge >= 0.3 is 0 Å². The Morgan fingerprint density at radius 3 is 2.87 bits per heavy atom. The van der Waals surface area contributed by atoms with E-state index in [0.717, 1.165) is 31.6 Å². The maximum absolute atomic E-state index is 13.8. The number of ether oxygens (including phenoxy) is 1. The van der Waals surface area contributed by atoms with Gasteiger partial charge in [-0.3, -0.25) is 0 Å². The summed E-state index contributed by atoms with van der Waals surface area (Å²) < 4.78 is 19.7. The molecule has 0 radical (unpaired) electrons. The highest BCUT2D eigenvalue weighted by Crippen LogP contribution is 2.27. The third-order valence-corrected chi connectivity index (χ3v) is 4.94. The van der Waals surface area contributed by atoms with Crippen molar-refractivity contribution in [1.82, 2.24) is 10.3 Å². The molecule has 0 atom stereocenters. The van der Waals surface area contributed by atoms with Gasteiger partial charge in [-0.1, -0.05) is 17.7 Å². The van der Waals surface area contributed by atoms with Crippen molar-refractivity contribution in [2.75, 3.05) is 13.1 Å². The maximum Gasteiger partial charge on any atom is 0.213 e. The van der Waals surface area contributed by atoms with E-state index in [1.807, 2.05) is 18.2 Å². The first kappa shape index (κ1) is 16.6. The van der Waals surface area contributed by atoms with Crippen LogP contribution in [0.5, 0.6) is 5.88 Å². The fraction of sp³-hybridized carbons (Fsp3) is 0.353. The van der Waals surface area contributed by atoms with Crippen LogP contribution in [0.15, 0.2) is 41.3 Å². The summed E-state index contributed by atoms with van der Waals surface area (Å²) in [5.74, 6) is 0.929. The number of nitrogens with one attached hydrogen (secondary N) is 1. The molecule has 3 rings (SSSR count). The quantitative estimate of drug-likeness (QED) is 0.814. The zero-order chi connectivity index (χ0) is 16.1. The molecule has 0 amide bonds. The molecule has 122 valence electrons. The molecule has 1 aromatic heterocycles. The Balaban J connectivity index is 1.60. The molecule has 6 heteroatoms. The van der Waals surface area contributed by atoms with E-state index in [-0.39, 0.29) is 11.9 Å². The average Bonchev–Trinajstić information content (AvgIpc) is 2.55. The summed E-state index contributed by atoms with van der Waals surface area (Å²) in [4.78, 5) is 5.09. The van der Waals surface area contributed by atoms with Crippen LogP contribution in [0.1, 0.15) is 18.5 Å². The second-order valence-electron chi connectivity index (χ2n) is 5.40. The lowest BCUT2D eigenvalue weighted by atomic mass is 10.1. The molecule has 2 heterocycles. The van der Waals surface area contributed by atoms with Crippen LogP contribution in [-0.4, -0.2) is 24.2 Å². The standard InChI is InChI=1S/C17H18ClFN2OS/c18-12-4-5-16(15(19)10-12)23-11-13-2-1-3-17(21-13)22-14-6-8-20-9-7-14/h1-5,10,14,20H,6-9,11H2. The van der Waals surface area contributed by atoms with Gasteiger partial charge in [0.25, 0.3) is 0 Å². The average molecular weight is 353 g/mol. The van der Waals surface area contributed by atoms with Crippen molar-refractivity contribution in [1.29, 1.82) is 0 Å². The minimum Gasteiger partial charge on any atom is -0.474 e. The molecule has 1 fully saturated rings. The number of halogens is 2. The predicted octanol–water partition coefficient (Wildman–Crippen LogP) is 4.30. The fourth-order valence-electron chi connectivity index (χ4n) is 2.43. The molecule has 3 nitrogen and oxygen atoms in total. The summed E-state index contributed by atoms with van der Waals surface area (Å²) in [5.41, 5.74) is 0.871. The number of hydrogen-bond acceptors (Lipinski definition) is 4. The molecular formula is C17H18ClFN2OS. The van der Waals surface area contributed by atoms with E-state index < -0.39 is 0 Å². The van der Waals surface area contributed by atoms with Crippen LogP contribution in [0.25, 0.3) is 0 Å². The van der Waals surface area contributed by atoms with E-state index in [1.54, 1.807) is 12.1 Å². The van der Waals surface area contributed by atoms with Gasteiger partial charge in [-0.25, -0.2) is 9.37 Å². The minimum absolute atomic E-state index is 0.223. The monoisotopic (exact) mass is 352 g/mol. The van der Waals surface area contributed by atoms with Crippen LogP contribution in [0, 0.1) is 5.82 Å². The summed E-state index contributed by atoms with van der Waals surface area (Å²) in [6, 6.07) is 10.4. The summed E-state index contributed by atoms with van der Waals surface area (Å²) >= 11 is 7.17. The van der Waals surface area contributed by atoms with Crippen LogP contribution >= 0.6 is 23.4 Å². The second-order valence-corrected chi connectivity index (χ2v) is 6.85. The van der Waals surface area contributed by atoms with Gasteiger partial charge in [0.15, 0.2) is 0 Å². The molecule has 1 saturated heterocycles. The van der Waals surface area contributed by atoms with Gasteiger partial charge in [0.1, 0.15) is 11.9 Å². The van der Waals surface area contributed by atoms with E-state index in [0.29, 0.717) is 21.6 Å². The highest BCUT2D eigenvalue weighted by molar-refractivity contribution is 7.98. The smallest absolute Gasteiger partial charge is 0.213 e. The molecule has 1 N–H and O–H groups in total. The number of piperidine rings is 1. The molecule has 0 aliphatic carbocycles. The molecule has 1 aliphatic rings. The number of rotatable bonds is 5. The maximum atomic E-state index is 13.8. The molecule has 1 aromatic carbocycles. The van der Waals surface area contributed by atoms with Crippen LogP contribution in [0.3, 0.4) is 0 Å². The van der Waals surface area contributed by atoms with Crippen molar-refractivity contribution in [2.24, 2.45) is 0 Å². The lowest BCUT2D eigenvalue weighted by Gasteiger charge is -2.23. The van der Waals surface area contributed by atoms with E-state index in [4.69, 9.17) is 16.3 Å². The summed E-state index contributed by atoms with van der Waals surface area (Å²) in [5, 5.41) is 3.72. The van der Waals surface area contributed by atoms with Gasteiger partial charge in [-0.15, -0.1) is 11.8 Å². The van der Waals surface area contributed by atoms with Crippen LogP contribution in [0.2, 0.25) is 5.02 Å². The van der Waals surface area contributed by atoms with Crippen molar-refractivity contribution < 1.29 is 9.13 Å². The normalized spacial score (nSPS) is 15.6. The fourth-order valence-corrected chi connectivity index (χ4v) is 3.42. The summed E-state index contributed by atoms with van der Waals surface area (Å²) in [6.45, 7) is 1.96. The highest BCUT2D eigenvalue weighted by atomic mass is 35.5. The summed E-state index contributed by atoms with van der Waals surface area (Å²) in [6.07, 6.45) is 2.22. The number of benzene rings is 1. The van der Waals surface area contributed by atoms with E-state index in [1.165, 1.54) is 17.8 Å². The van der Waals surface area contributed by atoms with Gasteiger partial charge in [0, 0.05) is 21.7 Å². The zero-order valence-corrected chi connectivity index (χ0v) is 14.2. The molecule has 0 saturated carbocycles. The number of nitrogens with zero attached hydrogens (tertiary/aromatic N) is 1. The second kappa shape index (κ2) is 7.99.